The molecule has 2 heteroatoms. The quantitative estimate of drug-likeness (QED) is 0.512. The number of nitrogens with one attached hydrogen (secondary N) is 1. The molecule has 0 amide bonds. The molecular weight excluding hydrogens is 113 g/mol. The van der Waals surface area contributed by atoms with Gasteiger partial charge in [-0.25, -0.2) is 0 Å². The van der Waals surface area contributed by atoms with Crippen LogP contribution in [0.2, 0.25) is 0 Å². The van der Waals surface area contributed by atoms with Crippen LogP contribution in [0.25, 0.3) is 0 Å². The van der Waals surface area contributed by atoms with Gasteiger partial charge < -0.3 is 5.32 Å². The molecule has 1 nitrogen and oxygen atoms in total. The fourth-order valence-electron chi connectivity index (χ4n) is 0. The van der Waals surface area contributed by atoms with Gasteiger partial charge in [0.2, 0.25) is 0 Å². The Morgan fingerprint density at radius 1 is 1.00 bits per heavy atom. The summed E-state index contributed by atoms with van der Waals surface area (Å²) < 4.78 is 0. The van der Waals surface area contributed by atoms with Gasteiger partial charge in [0.25, 0.3) is 0 Å². The van der Waals surface area contributed by atoms with Crippen molar-refractivity contribution in [2.45, 2.75) is 26.7 Å². The van der Waals surface area contributed by atoms with E-state index < -0.39 is 0 Å². The molecule has 0 radical (unpaired) electrons. The van der Waals surface area contributed by atoms with Gasteiger partial charge in [-0.15, -0.1) is 0 Å². The molecule has 0 bridgehead atoms. The molecule has 0 saturated carbocycles. The minimum Gasteiger partial charge on any atom is -0.323 e. The van der Waals surface area contributed by atoms with Gasteiger partial charge in [0.1, 0.15) is 0 Å². The van der Waals surface area contributed by atoms with Gasteiger partial charge in [-0.1, -0.05) is 26.7 Å². The lowest BCUT2D eigenvalue weighted by Gasteiger charge is -1.68. The van der Waals surface area contributed by atoms with Crippen LogP contribution in [0.3, 0.4) is 0 Å². The second-order valence-corrected chi connectivity index (χ2v) is 1.50. The summed E-state index contributed by atoms with van der Waals surface area (Å²) in [5.41, 5.74) is 0. The van der Waals surface area contributed by atoms with Gasteiger partial charge in [0, 0.05) is 0 Å². The minimum absolute atomic E-state index is 0. The van der Waals surface area contributed by atoms with Crippen LogP contribution < -0.4 is 5.32 Å². The SMILES string of the molecule is CCCC.CNC.[AlH3]. The molecule has 0 heterocycles. The standard InChI is InChI=1S/C4H10.C2H7N.Al.3H/c1-3-4-2;1-3-2;;;;/h3-4H2,1-2H3;3H,1-2H3;;;;. The van der Waals surface area contributed by atoms with Crippen molar-refractivity contribution in [1.82, 2.24) is 5.32 Å². The lowest BCUT2D eigenvalue weighted by atomic mass is 10.4. The monoisotopic (exact) mass is 133 g/mol. The summed E-state index contributed by atoms with van der Waals surface area (Å²) in [5.74, 6) is 0. The molecule has 1 N–H and O–H groups in total. The third-order valence-electron chi connectivity index (χ3n) is 0.500. The average molecular weight is 133 g/mol. The van der Waals surface area contributed by atoms with Crippen molar-refractivity contribution >= 4 is 17.4 Å². The maximum atomic E-state index is 2.75. The van der Waals surface area contributed by atoms with Crippen LogP contribution in [-0.4, -0.2) is 31.5 Å². The predicted molar refractivity (Wildman–Crippen MR) is 45.5 cm³/mol. The highest BCUT2D eigenvalue weighted by Crippen LogP contribution is 1.76. The van der Waals surface area contributed by atoms with Crippen LogP contribution in [0.15, 0.2) is 0 Å². The van der Waals surface area contributed by atoms with Crippen LogP contribution in [0, 0.1) is 0 Å². The first-order valence-electron chi connectivity index (χ1n) is 2.91. The molecule has 0 atom stereocenters. The fraction of sp³-hybridized carbons (Fsp3) is 1.00. The summed E-state index contributed by atoms with van der Waals surface area (Å²) >= 11 is 0. The largest absolute Gasteiger partial charge is 0.323 e. The van der Waals surface area contributed by atoms with Crippen molar-refractivity contribution in [3.05, 3.63) is 0 Å². The summed E-state index contributed by atoms with van der Waals surface area (Å²) in [6.07, 6.45) is 2.64. The maximum absolute atomic E-state index is 2.75. The molecule has 0 rings (SSSR count). The number of rotatable bonds is 1. The van der Waals surface area contributed by atoms with Crippen LogP contribution in [0.4, 0.5) is 0 Å². The highest BCUT2D eigenvalue weighted by Gasteiger charge is 1.56. The zero-order valence-corrected chi connectivity index (χ0v) is 5.91. The molecule has 0 unspecified atom stereocenters. The van der Waals surface area contributed by atoms with E-state index in [9.17, 15) is 0 Å². The van der Waals surface area contributed by atoms with Gasteiger partial charge in [0.05, 0.1) is 0 Å². The van der Waals surface area contributed by atoms with Crippen molar-refractivity contribution in [1.29, 1.82) is 0 Å². The average Bonchev–Trinajstić information content (AvgIpc) is 1.69. The van der Waals surface area contributed by atoms with Gasteiger partial charge in [-0.3, -0.25) is 0 Å². The predicted octanol–water partition coefficient (Wildman–Crippen LogP) is 0.458. The first kappa shape index (κ1) is 15.8. The van der Waals surface area contributed by atoms with Crippen molar-refractivity contribution in [2.75, 3.05) is 14.1 Å². The Morgan fingerprint density at radius 3 is 1.12 bits per heavy atom. The van der Waals surface area contributed by atoms with Gasteiger partial charge in [-0.05, 0) is 14.1 Å². The fourth-order valence-corrected chi connectivity index (χ4v) is 0. The molecule has 0 aromatic carbocycles. The summed E-state index contributed by atoms with van der Waals surface area (Å²) in [5, 5.41) is 2.75. The van der Waals surface area contributed by atoms with Gasteiger partial charge >= 0.3 is 0 Å². The van der Waals surface area contributed by atoms with Crippen molar-refractivity contribution in [2.24, 2.45) is 0 Å². The van der Waals surface area contributed by atoms with E-state index >= 15 is 0 Å². The molecule has 0 saturated heterocycles. The third kappa shape index (κ3) is 87.9. The molecule has 52 valence electrons. The van der Waals surface area contributed by atoms with E-state index in [1.807, 2.05) is 14.1 Å². The molecule has 0 aliphatic heterocycles. The molecule has 0 aliphatic rings. The zero-order chi connectivity index (χ0) is 6.12. The van der Waals surface area contributed by atoms with Crippen molar-refractivity contribution in [3.8, 4) is 0 Å². The van der Waals surface area contributed by atoms with E-state index in [0.717, 1.165) is 0 Å². The lowest BCUT2D eigenvalue weighted by molar-refractivity contribution is 0.886. The Balaban J connectivity index is -0.0000000575. The first-order chi connectivity index (χ1) is 3.33. The summed E-state index contributed by atoms with van der Waals surface area (Å²) in [6, 6.07) is 0. The van der Waals surface area contributed by atoms with Crippen LogP contribution in [0.5, 0.6) is 0 Å². The van der Waals surface area contributed by atoms with Crippen LogP contribution in [-0.2, 0) is 0 Å². The highest BCUT2D eigenvalue weighted by molar-refractivity contribution is 5.75. The maximum Gasteiger partial charge on any atom is 0.187 e. The Bertz CT molecular complexity index is 16.0. The molecule has 8 heavy (non-hydrogen) atoms. The Morgan fingerprint density at radius 2 is 1.12 bits per heavy atom. The first-order valence-corrected chi connectivity index (χ1v) is 2.91. The minimum atomic E-state index is 0. The third-order valence-corrected chi connectivity index (χ3v) is 0.500. The highest BCUT2D eigenvalue weighted by atomic mass is 27.0. The topological polar surface area (TPSA) is 12.0 Å². The second kappa shape index (κ2) is 25.9. The smallest absolute Gasteiger partial charge is 0.187 e. The van der Waals surface area contributed by atoms with Crippen molar-refractivity contribution in [3.63, 3.8) is 0 Å². The van der Waals surface area contributed by atoms with Gasteiger partial charge in [0.15, 0.2) is 17.4 Å². The molecule has 0 aromatic heterocycles. The summed E-state index contributed by atoms with van der Waals surface area (Å²) in [4.78, 5) is 0. The van der Waals surface area contributed by atoms with Crippen LogP contribution in [0.1, 0.15) is 26.7 Å². The van der Waals surface area contributed by atoms with E-state index in [2.05, 4.69) is 19.2 Å². The number of hydrogen-bond acceptors (Lipinski definition) is 1. The van der Waals surface area contributed by atoms with E-state index in [-0.39, 0.29) is 17.4 Å². The zero-order valence-electron chi connectivity index (χ0n) is 5.91. The van der Waals surface area contributed by atoms with Crippen LogP contribution >= 0.6 is 0 Å². The summed E-state index contributed by atoms with van der Waals surface area (Å²) in [7, 11) is 3.75. The number of hydrogen-bond donors (Lipinski definition) is 1. The van der Waals surface area contributed by atoms with Crippen molar-refractivity contribution < 1.29 is 0 Å². The molecule has 0 spiro atoms. The van der Waals surface area contributed by atoms with E-state index in [4.69, 9.17) is 0 Å². The summed E-state index contributed by atoms with van der Waals surface area (Å²) in [6.45, 7) is 4.36. The molecule has 0 aromatic rings. The Hall–Kier alpha value is 0.492. The lowest BCUT2D eigenvalue weighted by Crippen LogP contribution is -1.89. The molecule has 0 fully saturated rings. The normalized spacial score (nSPS) is 6.00. The molecular formula is C6H20AlN. The van der Waals surface area contributed by atoms with E-state index in [1.54, 1.807) is 0 Å². The number of unbranched alkanes of at least 4 members (excludes halogenated alkanes) is 1. The second-order valence-electron chi connectivity index (χ2n) is 1.50. The van der Waals surface area contributed by atoms with E-state index in [0.29, 0.717) is 0 Å². The molecule has 0 aliphatic carbocycles. The van der Waals surface area contributed by atoms with Gasteiger partial charge in [-0.2, -0.15) is 0 Å². The van der Waals surface area contributed by atoms with E-state index in [1.165, 1.54) is 12.8 Å². The Kier molecular flexibility index (Phi) is 51.1. The Labute approximate surface area is 64.0 Å².